The van der Waals surface area contributed by atoms with E-state index >= 15 is 0 Å². The number of methoxy groups -OCH3 is 1. The lowest BCUT2D eigenvalue weighted by molar-refractivity contribution is 0.104. The van der Waals surface area contributed by atoms with Gasteiger partial charge in [0, 0.05) is 11.1 Å². The minimum absolute atomic E-state index is 0.0189. The number of ether oxygens (including phenoxy) is 2. The van der Waals surface area contributed by atoms with Crippen LogP contribution in [0.4, 0.5) is 0 Å². The summed E-state index contributed by atoms with van der Waals surface area (Å²) in [6.45, 7) is 4.52. The highest BCUT2D eigenvalue weighted by atomic mass is 16.5. The van der Waals surface area contributed by atoms with Crippen molar-refractivity contribution in [1.29, 1.82) is 0 Å². The van der Waals surface area contributed by atoms with Gasteiger partial charge in [0.2, 0.25) is 0 Å². The number of carbonyl (C=O) groups excluding carboxylic acids is 1. The first-order valence-electron chi connectivity index (χ1n) is 9.76. The molecule has 0 heterocycles. The molecule has 3 aromatic carbocycles. The Labute approximate surface area is 172 Å². The number of aryl methyl sites for hydroxylation is 2. The molecule has 0 saturated heterocycles. The van der Waals surface area contributed by atoms with E-state index in [1.165, 1.54) is 5.56 Å². The van der Waals surface area contributed by atoms with Gasteiger partial charge in [-0.3, -0.25) is 4.79 Å². The smallest absolute Gasteiger partial charge is 0.185 e. The van der Waals surface area contributed by atoms with Gasteiger partial charge in [-0.25, -0.2) is 0 Å². The molecule has 3 heteroatoms. The van der Waals surface area contributed by atoms with Gasteiger partial charge in [0.1, 0.15) is 18.1 Å². The Balaban J connectivity index is 1.71. The molecule has 0 saturated carbocycles. The second-order valence-corrected chi connectivity index (χ2v) is 6.92. The first-order valence-corrected chi connectivity index (χ1v) is 9.76. The Morgan fingerprint density at radius 2 is 1.69 bits per heavy atom. The van der Waals surface area contributed by atoms with Gasteiger partial charge in [0.15, 0.2) is 5.78 Å². The molecule has 0 atom stereocenters. The number of allylic oxidation sites excluding steroid dienone is 1. The van der Waals surface area contributed by atoms with E-state index in [0.717, 1.165) is 34.6 Å². The van der Waals surface area contributed by atoms with Crippen molar-refractivity contribution in [3.8, 4) is 11.5 Å². The van der Waals surface area contributed by atoms with Crippen LogP contribution in [-0.4, -0.2) is 12.9 Å². The Hall–Kier alpha value is -3.33. The largest absolute Gasteiger partial charge is 0.496 e. The van der Waals surface area contributed by atoms with Crippen molar-refractivity contribution in [3.05, 3.63) is 101 Å². The fraction of sp³-hybridized carbons (Fsp3) is 0.192. The Bertz CT molecular complexity index is 983. The summed E-state index contributed by atoms with van der Waals surface area (Å²) in [5, 5.41) is 0. The Morgan fingerprint density at radius 3 is 2.34 bits per heavy atom. The maximum atomic E-state index is 12.4. The Kier molecular flexibility index (Phi) is 6.85. The molecule has 0 N–H and O–H groups in total. The molecular formula is C26H26O3. The van der Waals surface area contributed by atoms with Gasteiger partial charge in [-0.15, -0.1) is 0 Å². The van der Waals surface area contributed by atoms with Crippen LogP contribution in [0.1, 0.15) is 39.5 Å². The van der Waals surface area contributed by atoms with Gasteiger partial charge in [0.05, 0.1) is 7.11 Å². The minimum Gasteiger partial charge on any atom is -0.496 e. The fourth-order valence-corrected chi connectivity index (χ4v) is 2.98. The fourth-order valence-electron chi connectivity index (χ4n) is 2.98. The second-order valence-electron chi connectivity index (χ2n) is 6.92. The molecule has 0 bridgehead atoms. The van der Waals surface area contributed by atoms with Crippen LogP contribution in [-0.2, 0) is 13.0 Å². The molecule has 0 spiro atoms. The summed E-state index contributed by atoms with van der Waals surface area (Å²) >= 11 is 0. The van der Waals surface area contributed by atoms with Crippen LogP contribution in [0.15, 0.2) is 72.8 Å². The molecular weight excluding hydrogens is 360 g/mol. The lowest BCUT2D eigenvalue weighted by Crippen LogP contribution is -1.99. The SMILES string of the molecule is CCc1ccc(OCc2cc(/C=C/C(=O)c3ccc(C)cc3)ccc2OC)cc1. The lowest BCUT2D eigenvalue weighted by atomic mass is 10.1. The normalized spacial score (nSPS) is 10.9. The molecule has 0 aliphatic heterocycles. The second kappa shape index (κ2) is 9.74. The molecule has 29 heavy (non-hydrogen) atoms. The molecule has 0 aliphatic rings. The average Bonchev–Trinajstić information content (AvgIpc) is 2.77. The average molecular weight is 386 g/mol. The van der Waals surface area contributed by atoms with Gasteiger partial charge in [-0.2, -0.15) is 0 Å². The summed E-state index contributed by atoms with van der Waals surface area (Å²) in [6.07, 6.45) is 4.42. The van der Waals surface area contributed by atoms with Gasteiger partial charge in [-0.05, 0) is 54.8 Å². The summed E-state index contributed by atoms with van der Waals surface area (Å²) < 4.78 is 11.4. The topological polar surface area (TPSA) is 35.5 Å². The number of ketones is 1. The van der Waals surface area contributed by atoms with E-state index in [0.29, 0.717) is 12.2 Å². The molecule has 0 amide bonds. The molecule has 0 aliphatic carbocycles. The third kappa shape index (κ3) is 5.58. The first-order chi connectivity index (χ1) is 14.1. The summed E-state index contributed by atoms with van der Waals surface area (Å²) in [6, 6.07) is 21.5. The van der Waals surface area contributed by atoms with Gasteiger partial charge in [0.25, 0.3) is 0 Å². The van der Waals surface area contributed by atoms with Crippen LogP contribution >= 0.6 is 0 Å². The van der Waals surface area contributed by atoms with E-state index in [1.807, 2.05) is 67.6 Å². The summed E-state index contributed by atoms with van der Waals surface area (Å²) in [5.74, 6) is 1.56. The molecule has 3 rings (SSSR count). The highest BCUT2D eigenvalue weighted by Gasteiger charge is 2.06. The zero-order chi connectivity index (χ0) is 20.6. The highest BCUT2D eigenvalue weighted by molar-refractivity contribution is 6.06. The molecule has 0 fully saturated rings. The summed E-state index contributed by atoms with van der Waals surface area (Å²) in [7, 11) is 1.64. The number of hydrogen-bond acceptors (Lipinski definition) is 3. The Morgan fingerprint density at radius 1 is 0.966 bits per heavy atom. The van der Waals surface area contributed by atoms with E-state index in [4.69, 9.17) is 9.47 Å². The number of benzene rings is 3. The predicted octanol–water partition coefficient (Wildman–Crippen LogP) is 6.04. The molecule has 0 radical (unpaired) electrons. The van der Waals surface area contributed by atoms with Crippen molar-refractivity contribution in [2.24, 2.45) is 0 Å². The maximum absolute atomic E-state index is 12.4. The quantitative estimate of drug-likeness (QED) is 0.350. The summed E-state index contributed by atoms with van der Waals surface area (Å²) in [4.78, 5) is 12.4. The maximum Gasteiger partial charge on any atom is 0.185 e. The van der Waals surface area contributed by atoms with Gasteiger partial charge in [-0.1, -0.05) is 61.0 Å². The minimum atomic E-state index is -0.0189. The van der Waals surface area contributed by atoms with Crippen molar-refractivity contribution in [3.63, 3.8) is 0 Å². The van der Waals surface area contributed by atoms with Crippen LogP contribution in [0.3, 0.4) is 0 Å². The zero-order valence-electron chi connectivity index (χ0n) is 17.1. The van der Waals surface area contributed by atoms with Crippen molar-refractivity contribution in [2.75, 3.05) is 7.11 Å². The predicted molar refractivity (Wildman–Crippen MR) is 118 cm³/mol. The van der Waals surface area contributed by atoms with E-state index in [2.05, 4.69) is 19.1 Å². The standard InChI is InChI=1S/C26H26O3/c1-4-20-7-13-24(14-8-20)29-18-23-17-21(10-16-26(23)28-3)9-15-25(27)22-11-5-19(2)6-12-22/h5-17H,4,18H2,1-3H3/b15-9+. The van der Waals surface area contributed by atoms with Crippen LogP contribution in [0.25, 0.3) is 6.08 Å². The van der Waals surface area contributed by atoms with Crippen LogP contribution < -0.4 is 9.47 Å². The van der Waals surface area contributed by atoms with Crippen molar-refractivity contribution < 1.29 is 14.3 Å². The monoisotopic (exact) mass is 386 g/mol. The molecule has 0 aromatic heterocycles. The zero-order valence-corrected chi connectivity index (χ0v) is 17.1. The van der Waals surface area contributed by atoms with Crippen LogP contribution in [0.2, 0.25) is 0 Å². The molecule has 0 unspecified atom stereocenters. The van der Waals surface area contributed by atoms with E-state index in [1.54, 1.807) is 13.2 Å². The van der Waals surface area contributed by atoms with E-state index < -0.39 is 0 Å². The molecule has 148 valence electrons. The van der Waals surface area contributed by atoms with E-state index in [9.17, 15) is 4.79 Å². The number of hydrogen-bond donors (Lipinski definition) is 0. The van der Waals surface area contributed by atoms with E-state index in [-0.39, 0.29) is 5.78 Å². The van der Waals surface area contributed by atoms with Crippen molar-refractivity contribution in [1.82, 2.24) is 0 Å². The first kappa shape index (κ1) is 20.4. The van der Waals surface area contributed by atoms with Crippen molar-refractivity contribution in [2.45, 2.75) is 26.9 Å². The molecule has 3 nitrogen and oxygen atoms in total. The number of carbonyl (C=O) groups is 1. The number of rotatable bonds is 8. The third-order valence-electron chi connectivity index (χ3n) is 4.79. The van der Waals surface area contributed by atoms with Gasteiger partial charge >= 0.3 is 0 Å². The van der Waals surface area contributed by atoms with Gasteiger partial charge < -0.3 is 9.47 Å². The molecule has 3 aromatic rings. The van der Waals surface area contributed by atoms with Crippen LogP contribution in [0, 0.1) is 6.92 Å². The van der Waals surface area contributed by atoms with Crippen molar-refractivity contribution >= 4 is 11.9 Å². The third-order valence-corrected chi connectivity index (χ3v) is 4.79. The lowest BCUT2D eigenvalue weighted by Gasteiger charge is -2.11. The van der Waals surface area contributed by atoms with Crippen LogP contribution in [0.5, 0.6) is 11.5 Å². The highest BCUT2D eigenvalue weighted by Crippen LogP contribution is 2.23. The summed E-state index contributed by atoms with van der Waals surface area (Å²) in [5.41, 5.74) is 4.94.